The molecule has 0 atom stereocenters. The van der Waals surface area contributed by atoms with Crippen molar-refractivity contribution in [1.82, 2.24) is 0 Å². The van der Waals surface area contributed by atoms with Gasteiger partial charge in [-0.3, -0.25) is 0 Å². The summed E-state index contributed by atoms with van der Waals surface area (Å²) in [7, 11) is 0. The summed E-state index contributed by atoms with van der Waals surface area (Å²) in [6.45, 7) is 1.61. The first-order valence-corrected chi connectivity index (χ1v) is 5.94. The molecule has 0 fully saturated rings. The van der Waals surface area contributed by atoms with Crippen LogP contribution in [-0.2, 0) is 4.74 Å². The zero-order valence-electron chi connectivity index (χ0n) is 8.00. The summed E-state index contributed by atoms with van der Waals surface area (Å²) in [5, 5.41) is 0.959. The zero-order chi connectivity index (χ0) is 9.80. The smallest absolute Gasteiger partial charge is 0.0722 e. The molecular formula is C12H13BrO. The summed E-state index contributed by atoms with van der Waals surface area (Å²) in [4.78, 5) is 0. The van der Waals surface area contributed by atoms with Gasteiger partial charge in [0.15, 0.2) is 0 Å². The van der Waals surface area contributed by atoms with Crippen molar-refractivity contribution in [1.29, 1.82) is 0 Å². The van der Waals surface area contributed by atoms with Crippen molar-refractivity contribution in [2.75, 3.05) is 18.5 Å². The van der Waals surface area contributed by atoms with Crippen LogP contribution in [0.2, 0.25) is 0 Å². The van der Waals surface area contributed by atoms with Crippen LogP contribution in [0.1, 0.15) is 12.0 Å². The molecule has 1 aromatic rings. The second-order valence-corrected chi connectivity index (χ2v) is 3.95. The van der Waals surface area contributed by atoms with E-state index in [4.69, 9.17) is 4.74 Å². The maximum Gasteiger partial charge on any atom is 0.0722 e. The van der Waals surface area contributed by atoms with E-state index in [9.17, 15) is 0 Å². The molecule has 14 heavy (non-hydrogen) atoms. The first kappa shape index (κ1) is 9.94. The highest BCUT2D eigenvalue weighted by molar-refractivity contribution is 9.09. The molecule has 0 N–H and O–H groups in total. The second-order valence-electron chi connectivity index (χ2n) is 3.38. The van der Waals surface area contributed by atoms with Crippen molar-refractivity contribution in [3.8, 4) is 0 Å². The van der Waals surface area contributed by atoms with Crippen molar-refractivity contribution in [3.05, 3.63) is 41.5 Å². The molecule has 0 radical (unpaired) electrons. The highest BCUT2D eigenvalue weighted by Gasteiger charge is 2.13. The van der Waals surface area contributed by atoms with Gasteiger partial charge in [-0.15, -0.1) is 0 Å². The van der Waals surface area contributed by atoms with Crippen LogP contribution in [0.5, 0.6) is 0 Å². The summed E-state index contributed by atoms with van der Waals surface area (Å²) >= 11 is 3.54. The molecule has 1 aliphatic rings. The van der Waals surface area contributed by atoms with Crippen LogP contribution in [-0.4, -0.2) is 18.5 Å². The minimum absolute atomic E-state index is 0.755. The van der Waals surface area contributed by atoms with Crippen LogP contribution in [0, 0.1) is 0 Å². The Balaban J connectivity index is 2.35. The number of ether oxygens (including phenoxy) is 1. The molecule has 74 valence electrons. The predicted octanol–water partition coefficient (Wildman–Crippen LogP) is 3.26. The summed E-state index contributed by atoms with van der Waals surface area (Å²) in [6.07, 6.45) is 1.05. The molecule has 0 bridgehead atoms. The molecular weight excluding hydrogens is 240 g/mol. The van der Waals surface area contributed by atoms with E-state index in [0.717, 1.165) is 25.0 Å². The van der Waals surface area contributed by atoms with E-state index in [1.54, 1.807) is 0 Å². The summed E-state index contributed by atoms with van der Waals surface area (Å²) in [6, 6.07) is 10.5. The maximum absolute atomic E-state index is 5.49. The quantitative estimate of drug-likeness (QED) is 0.735. The number of halogens is 1. The van der Waals surface area contributed by atoms with Crippen LogP contribution in [0.25, 0.3) is 5.57 Å². The van der Waals surface area contributed by atoms with Gasteiger partial charge < -0.3 is 4.74 Å². The highest BCUT2D eigenvalue weighted by Crippen LogP contribution is 2.26. The minimum atomic E-state index is 0.755. The maximum atomic E-state index is 5.49. The Labute approximate surface area is 92.9 Å². The number of hydrogen-bond donors (Lipinski definition) is 0. The number of alkyl halides is 1. The topological polar surface area (TPSA) is 9.23 Å². The Hall–Kier alpha value is -0.600. The van der Waals surface area contributed by atoms with Crippen molar-refractivity contribution in [3.63, 3.8) is 0 Å². The number of rotatable bonds is 2. The Morgan fingerprint density at radius 1 is 1.21 bits per heavy atom. The molecule has 2 rings (SSSR count). The van der Waals surface area contributed by atoms with Crippen LogP contribution < -0.4 is 0 Å². The molecule has 2 heteroatoms. The molecule has 1 aliphatic heterocycles. The van der Waals surface area contributed by atoms with Gasteiger partial charge in [-0.25, -0.2) is 0 Å². The van der Waals surface area contributed by atoms with Crippen molar-refractivity contribution < 1.29 is 4.74 Å². The molecule has 0 aliphatic carbocycles. The van der Waals surface area contributed by atoms with Crippen LogP contribution in [0.15, 0.2) is 35.9 Å². The minimum Gasteiger partial charge on any atom is -0.376 e. The van der Waals surface area contributed by atoms with E-state index in [2.05, 4.69) is 40.2 Å². The fraction of sp³-hybridized carbons (Fsp3) is 0.333. The van der Waals surface area contributed by atoms with E-state index >= 15 is 0 Å². The molecule has 1 heterocycles. The van der Waals surface area contributed by atoms with E-state index in [1.807, 2.05) is 6.07 Å². The molecule has 1 nitrogen and oxygen atoms in total. The van der Waals surface area contributed by atoms with E-state index in [0.29, 0.717) is 0 Å². The summed E-state index contributed by atoms with van der Waals surface area (Å²) < 4.78 is 5.49. The average molecular weight is 253 g/mol. The SMILES string of the molecule is BrCC1=C(c2ccccc2)COCC1. The summed E-state index contributed by atoms with van der Waals surface area (Å²) in [5.74, 6) is 0. The molecule has 0 amide bonds. The van der Waals surface area contributed by atoms with Crippen molar-refractivity contribution in [2.45, 2.75) is 6.42 Å². The average Bonchev–Trinajstić information content (AvgIpc) is 2.30. The van der Waals surface area contributed by atoms with Crippen LogP contribution in [0.4, 0.5) is 0 Å². The molecule has 0 spiro atoms. The van der Waals surface area contributed by atoms with Gasteiger partial charge in [0.2, 0.25) is 0 Å². The zero-order valence-corrected chi connectivity index (χ0v) is 9.59. The predicted molar refractivity (Wildman–Crippen MR) is 62.6 cm³/mol. The second kappa shape index (κ2) is 4.76. The standard InChI is InChI=1S/C12H13BrO/c13-8-11-6-7-14-9-12(11)10-4-2-1-3-5-10/h1-5H,6-9H2. The van der Waals surface area contributed by atoms with Crippen molar-refractivity contribution in [2.24, 2.45) is 0 Å². The first-order valence-electron chi connectivity index (χ1n) is 4.82. The lowest BCUT2D eigenvalue weighted by Gasteiger charge is -2.19. The van der Waals surface area contributed by atoms with Gasteiger partial charge in [-0.1, -0.05) is 51.8 Å². The van der Waals surface area contributed by atoms with Gasteiger partial charge in [0, 0.05) is 5.33 Å². The molecule has 0 saturated heterocycles. The van der Waals surface area contributed by atoms with Crippen molar-refractivity contribution >= 4 is 21.5 Å². The third-order valence-corrected chi connectivity index (χ3v) is 3.18. The highest BCUT2D eigenvalue weighted by atomic mass is 79.9. The normalized spacial score (nSPS) is 17.2. The third kappa shape index (κ3) is 2.07. The Bertz CT molecular complexity index is 329. The molecule has 0 saturated carbocycles. The lowest BCUT2D eigenvalue weighted by Crippen LogP contribution is -2.11. The fourth-order valence-corrected chi connectivity index (χ4v) is 2.32. The van der Waals surface area contributed by atoms with Gasteiger partial charge in [-0.05, 0) is 17.6 Å². The van der Waals surface area contributed by atoms with E-state index < -0.39 is 0 Å². The van der Waals surface area contributed by atoms with E-state index in [1.165, 1.54) is 16.7 Å². The number of benzene rings is 1. The van der Waals surface area contributed by atoms with Gasteiger partial charge in [0.05, 0.1) is 13.2 Å². The lowest BCUT2D eigenvalue weighted by molar-refractivity contribution is 0.161. The van der Waals surface area contributed by atoms with Gasteiger partial charge in [-0.2, -0.15) is 0 Å². The Kier molecular flexibility index (Phi) is 3.38. The first-order chi connectivity index (χ1) is 6.92. The fourth-order valence-electron chi connectivity index (χ4n) is 1.70. The summed E-state index contributed by atoms with van der Waals surface area (Å²) in [5.41, 5.74) is 4.12. The molecule has 0 aromatic heterocycles. The van der Waals surface area contributed by atoms with Crippen LogP contribution in [0.3, 0.4) is 0 Å². The van der Waals surface area contributed by atoms with Gasteiger partial charge in [0.25, 0.3) is 0 Å². The Morgan fingerprint density at radius 2 is 2.00 bits per heavy atom. The lowest BCUT2D eigenvalue weighted by atomic mass is 9.98. The number of hydrogen-bond acceptors (Lipinski definition) is 1. The monoisotopic (exact) mass is 252 g/mol. The molecule has 1 aromatic carbocycles. The largest absolute Gasteiger partial charge is 0.376 e. The third-order valence-electron chi connectivity index (χ3n) is 2.50. The van der Waals surface area contributed by atoms with E-state index in [-0.39, 0.29) is 0 Å². The van der Waals surface area contributed by atoms with Crippen LogP contribution >= 0.6 is 15.9 Å². The molecule has 0 unspecified atom stereocenters. The van der Waals surface area contributed by atoms with Gasteiger partial charge >= 0.3 is 0 Å². The Morgan fingerprint density at radius 3 is 2.71 bits per heavy atom. The van der Waals surface area contributed by atoms with Gasteiger partial charge in [0.1, 0.15) is 0 Å².